The van der Waals surface area contributed by atoms with Gasteiger partial charge in [0.1, 0.15) is 5.82 Å². The molecular formula is C16H23N7. The summed E-state index contributed by atoms with van der Waals surface area (Å²) in [5, 5.41) is 16.6. The first-order valence-corrected chi connectivity index (χ1v) is 7.72. The summed E-state index contributed by atoms with van der Waals surface area (Å²) in [5.74, 6) is 2.03. The number of aryl methyl sites for hydroxylation is 2. The Morgan fingerprint density at radius 2 is 2.04 bits per heavy atom. The number of nitrogens with zero attached hydrogens (tertiary/aromatic N) is 6. The Morgan fingerprint density at radius 1 is 1.26 bits per heavy atom. The molecule has 0 aliphatic heterocycles. The van der Waals surface area contributed by atoms with Crippen molar-refractivity contribution in [2.45, 2.75) is 26.4 Å². The Labute approximate surface area is 135 Å². The third kappa shape index (κ3) is 2.79. The van der Waals surface area contributed by atoms with E-state index in [9.17, 15) is 0 Å². The van der Waals surface area contributed by atoms with E-state index >= 15 is 0 Å². The Hall–Kier alpha value is -2.41. The number of hydrogen-bond donors (Lipinski definition) is 1. The van der Waals surface area contributed by atoms with Gasteiger partial charge in [-0.3, -0.25) is 9.08 Å². The van der Waals surface area contributed by atoms with E-state index in [1.165, 1.54) is 5.56 Å². The fourth-order valence-electron chi connectivity index (χ4n) is 2.96. The number of pyridine rings is 1. The summed E-state index contributed by atoms with van der Waals surface area (Å²) >= 11 is 0. The fourth-order valence-corrected chi connectivity index (χ4v) is 2.96. The Kier molecular flexibility index (Phi) is 4.04. The molecule has 0 bridgehead atoms. The minimum atomic E-state index is 0.0852. The second kappa shape index (κ2) is 6.00. The first kappa shape index (κ1) is 15.5. The van der Waals surface area contributed by atoms with Crippen LogP contribution in [0.1, 0.15) is 30.0 Å². The molecule has 0 aliphatic rings. The van der Waals surface area contributed by atoms with Crippen LogP contribution in [-0.4, -0.2) is 38.5 Å². The quantitative estimate of drug-likeness (QED) is 0.776. The normalized spacial score (nSPS) is 12.7. The molecule has 3 aromatic rings. The van der Waals surface area contributed by atoms with E-state index in [1.54, 1.807) is 0 Å². The zero-order chi connectivity index (χ0) is 16.6. The predicted molar refractivity (Wildman–Crippen MR) is 90.5 cm³/mol. The van der Waals surface area contributed by atoms with Crippen LogP contribution in [0.3, 0.4) is 0 Å². The minimum Gasteiger partial charge on any atom is -0.363 e. The summed E-state index contributed by atoms with van der Waals surface area (Å²) in [4.78, 5) is 2.09. The van der Waals surface area contributed by atoms with E-state index in [-0.39, 0.29) is 6.04 Å². The van der Waals surface area contributed by atoms with E-state index in [2.05, 4.69) is 32.4 Å². The number of fused-ring (bicyclic) bond motifs is 1. The maximum Gasteiger partial charge on any atom is 0.160 e. The summed E-state index contributed by atoms with van der Waals surface area (Å²) in [6.07, 6.45) is 1.99. The van der Waals surface area contributed by atoms with Crippen molar-refractivity contribution in [2.75, 3.05) is 19.0 Å². The zero-order valence-electron chi connectivity index (χ0n) is 14.3. The highest BCUT2D eigenvalue weighted by Gasteiger charge is 2.18. The smallest absolute Gasteiger partial charge is 0.160 e. The van der Waals surface area contributed by atoms with Crippen molar-refractivity contribution in [3.05, 3.63) is 41.5 Å². The van der Waals surface area contributed by atoms with Crippen LogP contribution < -0.4 is 10.2 Å². The van der Waals surface area contributed by atoms with Crippen LogP contribution in [0, 0.1) is 6.92 Å². The van der Waals surface area contributed by atoms with Crippen LogP contribution in [0.25, 0.3) is 5.65 Å². The van der Waals surface area contributed by atoms with Gasteiger partial charge in [-0.05, 0) is 26.0 Å². The molecule has 0 amide bonds. The molecule has 1 N–H and O–H groups in total. The van der Waals surface area contributed by atoms with E-state index < -0.39 is 0 Å². The lowest BCUT2D eigenvalue weighted by atomic mass is 10.2. The molecular weight excluding hydrogens is 290 g/mol. The van der Waals surface area contributed by atoms with Crippen molar-refractivity contribution in [3.63, 3.8) is 0 Å². The van der Waals surface area contributed by atoms with Crippen LogP contribution in [-0.2, 0) is 13.6 Å². The van der Waals surface area contributed by atoms with Gasteiger partial charge in [-0.25, -0.2) is 0 Å². The van der Waals surface area contributed by atoms with E-state index in [0.29, 0.717) is 0 Å². The van der Waals surface area contributed by atoms with Gasteiger partial charge in [0.2, 0.25) is 0 Å². The van der Waals surface area contributed by atoms with Gasteiger partial charge in [0.25, 0.3) is 0 Å². The van der Waals surface area contributed by atoms with Crippen molar-refractivity contribution in [3.8, 4) is 0 Å². The topological polar surface area (TPSA) is 63.3 Å². The lowest BCUT2D eigenvalue weighted by molar-refractivity contribution is 0.540. The average molecular weight is 313 g/mol. The van der Waals surface area contributed by atoms with Crippen molar-refractivity contribution >= 4 is 11.5 Å². The fraction of sp³-hybridized carbons (Fsp3) is 0.438. The molecule has 0 spiro atoms. The van der Waals surface area contributed by atoms with Gasteiger partial charge in [0, 0.05) is 39.4 Å². The molecule has 0 aromatic carbocycles. The molecule has 3 heterocycles. The standard InChI is InChI=1S/C16H23N7/c1-11-13(16(21(3)4)22(5)20-11)10-17-12(2)15-19-18-14-8-6-7-9-23(14)15/h6-9,12,17H,10H2,1-5H3/t12-/m0/s1. The predicted octanol–water partition coefficient (Wildman–Crippen LogP) is 1.69. The first-order chi connectivity index (χ1) is 11.0. The number of nitrogens with one attached hydrogen (secondary N) is 1. The van der Waals surface area contributed by atoms with Crippen LogP contribution in [0.4, 0.5) is 5.82 Å². The maximum atomic E-state index is 4.52. The van der Waals surface area contributed by atoms with Crippen LogP contribution in [0.15, 0.2) is 24.4 Å². The van der Waals surface area contributed by atoms with Crippen LogP contribution >= 0.6 is 0 Å². The first-order valence-electron chi connectivity index (χ1n) is 7.72. The van der Waals surface area contributed by atoms with Gasteiger partial charge in [-0.15, -0.1) is 10.2 Å². The lowest BCUT2D eigenvalue weighted by Gasteiger charge is -2.17. The summed E-state index contributed by atoms with van der Waals surface area (Å²) in [6.45, 7) is 4.88. The molecule has 0 unspecified atom stereocenters. The van der Waals surface area contributed by atoms with E-state index in [0.717, 1.165) is 29.5 Å². The number of hydrogen-bond acceptors (Lipinski definition) is 5. The molecule has 0 radical (unpaired) electrons. The van der Waals surface area contributed by atoms with Gasteiger partial charge in [0.05, 0.1) is 11.7 Å². The van der Waals surface area contributed by atoms with Crippen molar-refractivity contribution in [1.82, 2.24) is 29.7 Å². The number of anilines is 1. The highest BCUT2D eigenvalue weighted by molar-refractivity contribution is 5.49. The number of aromatic nitrogens is 5. The van der Waals surface area contributed by atoms with Crippen molar-refractivity contribution < 1.29 is 0 Å². The molecule has 0 fully saturated rings. The zero-order valence-corrected chi connectivity index (χ0v) is 14.3. The molecule has 7 nitrogen and oxygen atoms in total. The monoisotopic (exact) mass is 313 g/mol. The highest BCUT2D eigenvalue weighted by atomic mass is 15.4. The van der Waals surface area contributed by atoms with Crippen molar-refractivity contribution in [1.29, 1.82) is 0 Å². The Morgan fingerprint density at radius 3 is 2.78 bits per heavy atom. The third-order valence-corrected chi connectivity index (χ3v) is 4.05. The van der Waals surface area contributed by atoms with Crippen LogP contribution in [0.2, 0.25) is 0 Å². The molecule has 122 valence electrons. The third-order valence-electron chi connectivity index (χ3n) is 4.05. The largest absolute Gasteiger partial charge is 0.363 e. The van der Waals surface area contributed by atoms with Gasteiger partial charge in [0.15, 0.2) is 11.5 Å². The molecule has 1 atom stereocenters. The summed E-state index contributed by atoms with van der Waals surface area (Å²) in [7, 11) is 6.05. The molecule has 0 aliphatic carbocycles. The molecule has 0 saturated heterocycles. The van der Waals surface area contributed by atoms with Gasteiger partial charge in [-0.2, -0.15) is 5.10 Å². The van der Waals surface area contributed by atoms with E-state index in [4.69, 9.17) is 0 Å². The average Bonchev–Trinajstić information content (AvgIpc) is 3.05. The second-order valence-corrected chi connectivity index (χ2v) is 6.00. The SMILES string of the molecule is Cc1nn(C)c(N(C)C)c1CN[C@@H](C)c1nnc2ccccn12. The minimum absolute atomic E-state index is 0.0852. The maximum absolute atomic E-state index is 4.52. The molecule has 23 heavy (non-hydrogen) atoms. The van der Waals surface area contributed by atoms with Gasteiger partial charge >= 0.3 is 0 Å². The molecule has 0 saturated carbocycles. The molecule has 3 aromatic heterocycles. The van der Waals surface area contributed by atoms with E-state index in [1.807, 2.05) is 61.5 Å². The highest BCUT2D eigenvalue weighted by Crippen LogP contribution is 2.22. The summed E-state index contributed by atoms with van der Waals surface area (Å²) in [5.41, 5.74) is 3.11. The second-order valence-electron chi connectivity index (χ2n) is 6.00. The summed E-state index contributed by atoms with van der Waals surface area (Å²) < 4.78 is 3.93. The summed E-state index contributed by atoms with van der Waals surface area (Å²) in [6, 6.07) is 6.00. The molecule has 3 rings (SSSR count). The molecule has 7 heteroatoms. The number of rotatable bonds is 5. The van der Waals surface area contributed by atoms with Gasteiger partial charge in [-0.1, -0.05) is 6.07 Å². The Bertz CT molecular complexity index is 815. The Balaban J connectivity index is 1.81. The van der Waals surface area contributed by atoms with Crippen molar-refractivity contribution in [2.24, 2.45) is 7.05 Å². The lowest BCUT2D eigenvalue weighted by Crippen LogP contribution is -2.22. The van der Waals surface area contributed by atoms with Crippen LogP contribution in [0.5, 0.6) is 0 Å². The van der Waals surface area contributed by atoms with Gasteiger partial charge < -0.3 is 10.2 Å².